The highest BCUT2D eigenvalue weighted by Gasteiger charge is 2.19. The summed E-state index contributed by atoms with van der Waals surface area (Å²) in [6.07, 6.45) is 4.89. The molecule has 2 aromatic rings. The molecule has 1 amide bonds. The lowest BCUT2D eigenvalue weighted by atomic mass is 10.1. The highest BCUT2D eigenvalue weighted by molar-refractivity contribution is 6.30. The standard InChI is InChI=1S/C13H15ClN6O/c14-9-1-3-11(16-5-9)19-13(21)6-15-10-2-4-12-17-8-18-20(12)7-10/h1,3,5,8,10,15H,2,4,6-7H2,(H,16,19,21). The molecule has 7 nitrogen and oxygen atoms in total. The molecule has 1 aliphatic heterocycles. The Balaban J connectivity index is 1.47. The molecule has 0 aromatic carbocycles. The van der Waals surface area contributed by atoms with Crippen molar-refractivity contribution in [2.75, 3.05) is 11.9 Å². The summed E-state index contributed by atoms with van der Waals surface area (Å²) in [6, 6.07) is 3.58. The minimum absolute atomic E-state index is 0.130. The van der Waals surface area contributed by atoms with Gasteiger partial charge in [0.2, 0.25) is 5.91 Å². The molecule has 0 saturated carbocycles. The van der Waals surface area contributed by atoms with Gasteiger partial charge in [-0.15, -0.1) is 0 Å². The maximum atomic E-state index is 11.9. The zero-order valence-electron chi connectivity index (χ0n) is 11.3. The zero-order chi connectivity index (χ0) is 14.7. The molecule has 110 valence electrons. The van der Waals surface area contributed by atoms with Crippen LogP contribution in [0.4, 0.5) is 5.82 Å². The first-order valence-electron chi connectivity index (χ1n) is 6.72. The topological polar surface area (TPSA) is 84.7 Å². The van der Waals surface area contributed by atoms with Crippen LogP contribution in [0.15, 0.2) is 24.7 Å². The van der Waals surface area contributed by atoms with Crippen molar-refractivity contribution in [1.29, 1.82) is 0 Å². The number of carbonyl (C=O) groups excluding carboxylic acids is 1. The molecule has 1 aliphatic rings. The van der Waals surface area contributed by atoms with Crippen molar-refractivity contribution in [3.63, 3.8) is 0 Å². The monoisotopic (exact) mass is 306 g/mol. The number of halogens is 1. The zero-order valence-corrected chi connectivity index (χ0v) is 12.0. The molecule has 0 bridgehead atoms. The van der Waals surface area contributed by atoms with Gasteiger partial charge in [0, 0.05) is 18.7 Å². The summed E-state index contributed by atoms with van der Waals surface area (Å²) in [5.74, 6) is 1.37. The van der Waals surface area contributed by atoms with Gasteiger partial charge in [-0.05, 0) is 18.6 Å². The fraction of sp³-hybridized carbons (Fsp3) is 0.385. The Labute approximate surface area is 126 Å². The van der Waals surface area contributed by atoms with Crippen LogP contribution in [0.25, 0.3) is 0 Å². The second-order valence-corrected chi connectivity index (χ2v) is 5.32. The molecule has 21 heavy (non-hydrogen) atoms. The summed E-state index contributed by atoms with van der Waals surface area (Å²) < 4.78 is 1.87. The highest BCUT2D eigenvalue weighted by atomic mass is 35.5. The number of nitrogens with zero attached hydrogens (tertiary/aromatic N) is 4. The van der Waals surface area contributed by atoms with E-state index in [2.05, 4.69) is 25.7 Å². The van der Waals surface area contributed by atoms with E-state index in [-0.39, 0.29) is 18.5 Å². The molecule has 0 saturated heterocycles. The maximum absolute atomic E-state index is 11.9. The Morgan fingerprint density at radius 2 is 2.33 bits per heavy atom. The molecule has 8 heteroatoms. The van der Waals surface area contributed by atoms with Crippen LogP contribution in [0.2, 0.25) is 5.02 Å². The Hall–Kier alpha value is -1.99. The van der Waals surface area contributed by atoms with E-state index in [4.69, 9.17) is 11.6 Å². The SMILES string of the molecule is O=C(CNC1CCc2ncnn2C1)Nc1ccc(Cl)cn1. The van der Waals surface area contributed by atoms with Gasteiger partial charge in [-0.3, -0.25) is 4.79 Å². The number of carbonyl (C=O) groups is 1. The summed E-state index contributed by atoms with van der Waals surface area (Å²) >= 11 is 5.74. The Bertz CT molecular complexity index is 626. The number of fused-ring (bicyclic) bond motifs is 1. The van der Waals surface area contributed by atoms with E-state index in [0.29, 0.717) is 10.8 Å². The van der Waals surface area contributed by atoms with Crippen LogP contribution in [0.5, 0.6) is 0 Å². The summed E-state index contributed by atoms with van der Waals surface area (Å²) in [6.45, 7) is 0.973. The molecule has 3 rings (SSSR count). The van der Waals surface area contributed by atoms with Crippen molar-refractivity contribution in [3.8, 4) is 0 Å². The van der Waals surface area contributed by atoms with Crippen LogP contribution in [0.3, 0.4) is 0 Å². The van der Waals surface area contributed by atoms with Gasteiger partial charge in [-0.25, -0.2) is 14.6 Å². The number of hydrogen-bond donors (Lipinski definition) is 2. The molecule has 3 heterocycles. The molecule has 0 spiro atoms. The first kappa shape index (κ1) is 14.0. The first-order chi connectivity index (χ1) is 10.2. The smallest absolute Gasteiger partial charge is 0.239 e. The number of pyridine rings is 1. The fourth-order valence-electron chi connectivity index (χ4n) is 2.28. The van der Waals surface area contributed by atoms with Crippen molar-refractivity contribution in [2.24, 2.45) is 0 Å². The molecule has 2 N–H and O–H groups in total. The Kier molecular flexibility index (Phi) is 4.12. The van der Waals surface area contributed by atoms with E-state index >= 15 is 0 Å². The van der Waals surface area contributed by atoms with Crippen molar-refractivity contribution in [2.45, 2.75) is 25.4 Å². The van der Waals surface area contributed by atoms with Crippen LogP contribution < -0.4 is 10.6 Å². The Morgan fingerprint density at radius 1 is 1.43 bits per heavy atom. The second-order valence-electron chi connectivity index (χ2n) is 4.88. The summed E-state index contributed by atoms with van der Waals surface area (Å²) in [4.78, 5) is 20.1. The van der Waals surface area contributed by atoms with Crippen molar-refractivity contribution in [1.82, 2.24) is 25.1 Å². The predicted octanol–water partition coefficient (Wildman–Crippen LogP) is 0.870. The average molecular weight is 307 g/mol. The van der Waals surface area contributed by atoms with Crippen molar-refractivity contribution >= 4 is 23.3 Å². The largest absolute Gasteiger partial charge is 0.310 e. The lowest BCUT2D eigenvalue weighted by Gasteiger charge is -2.23. The highest BCUT2D eigenvalue weighted by Crippen LogP contribution is 2.11. The van der Waals surface area contributed by atoms with E-state index in [0.717, 1.165) is 25.2 Å². The average Bonchev–Trinajstić information content (AvgIpc) is 2.95. The number of aromatic nitrogens is 4. The molecule has 1 unspecified atom stereocenters. The van der Waals surface area contributed by atoms with Crippen LogP contribution >= 0.6 is 11.6 Å². The maximum Gasteiger partial charge on any atom is 0.239 e. The molecular weight excluding hydrogens is 292 g/mol. The predicted molar refractivity (Wildman–Crippen MR) is 78.0 cm³/mol. The van der Waals surface area contributed by atoms with Crippen LogP contribution in [-0.4, -0.2) is 38.2 Å². The number of nitrogens with one attached hydrogen (secondary N) is 2. The molecule has 0 radical (unpaired) electrons. The van der Waals surface area contributed by atoms with E-state index in [1.54, 1.807) is 18.5 Å². The van der Waals surface area contributed by atoms with E-state index < -0.39 is 0 Å². The number of aryl methyl sites for hydroxylation is 1. The minimum Gasteiger partial charge on any atom is -0.310 e. The van der Waals surface area contributed by atoms with Gasteiger partial charge < -0.3 is 10.6 Å². The van der Waals surface area contributed by atoms with Gasteiger partial charge in [0.25, 0.3) is 0 Å². The van der Waals surface area contributed by atoms with Gasteiger partial charge in [-0.1, -0.05) is 11.6 Å². The van der Waals surface area contributed by atoms with E-state index in [1.165, 1.54) is 6.20 Å². The summed E-state index contributed by atoms with van der Waals surface area (Å²) in [7, 11) is 0. The number of anilines is 1. The van der Waals surface area contributed by atoms with Crippen molar-refractivity contribution < 1.29 is 4.79 Å². The van der Waals surface area contributed by atoms with Crippen molar-refractivity contribution in [3.05, 3.63) is 35.5 Å². The number of amides is 1. The lowest BCUT2D eigenvalue weighted by Crippen LogP contribution is -2.41. The van der Waals surface area contributed by atoms with Gasteiger partial charge in [0.1, 0.15) is 18.0 Å². The minimum atomic E-state index is -0.130. The molecule has 0 fully saturated rings. The third-order valence-corrected chi connectivity index (χ3v) is 3.58. The Morgan fingerprint density at radius 3 is 3.14 bits per heavy atom. The quantitative estimate of drug-likeness (QED) is 0.875. The molecular formula is C13H15ClN6O. The normalized spacial score (nSPS) is 17.3. The van der Waals surface area contributed by atoms with Crippen LogP contribution in [0, 0.1) is 0 Å². The van der Waals surface area contributed by atoms with Gasteiger partial charge in [0.05, 0.1) is 18.1 Å². The van der Waals surface area contributed by atoms with Crippen LogP contribution in [-0.2, 0) is 17.8 Å². The van der Waals surface area contributed by atoms with E-state index in [1.807, 2.05) is 4.68 Å². The van der Waals surface area contributed by atoms with Gasteiger partial charge >= 0.3 is 0 Å². The summed E-state index contributed by atoms with van der Waals surface area (Å²) in [5.41, 5.74) is 0. The molecule has 0 aliphatic carbocycles. The van der Waals surface area contributed by atoms with Gasteiger partial charge in [-0.2, -0.15) is 5.10 Å². The van der Waals surface area contributed by atoms with Gasteiger partial charge in [0.15, 0.2) is 0 Å². The lowest BCUT2D eigenvalue weighted by molar-refractivity contribution is -0.115. The van der Waals surface area contributed by atoms with Crippen LogP contribution in [0.1, 0.15) is 12.2 Å². The molecule has 1 atom stereocenters. The number of hydrogen-bond acceptors (Lipinski definition) is 5. The number of rotatable bonds is 4. The third kappa shape index (κ3) is 3.56. The second kappa shape index (κ2) is 6.19. The van der Waals surface area contributed by atoms with E-state index in [9.17, 15) is 4.79 Å². The fourth-order valence-corrected chi connectivity index (χ4v) is 2.39. The molecule has 2 aromatic heterocycles. The first-order valence-corrected chi connectivity index (χ1v) is 7.10. The summed E-state index contributed by atoms with van der Waals surface area (Å²) in [5, 5.41) is 10.6. The third-order valence-electron chi connectivity index (χ3n) is 3.35.